The first-order valence-electron chi connectivity index (χ1n) is 7.23. The van der Waals surface area contributed by atoms with Gasteiger partial charge >= 0.3 is 6.09 Å². The Bertz CT molecular complexity index is 743. The first kappa shape index (κ1) is 16.0. The SMILES string of the molecule is C=C(C)c1cccc2cc(NC(=O)OC(C)(C)C)c(C)nc12. The van der Waals surface area contributed by atoms with Gasteiger partial charge in [0.05, 0.1) is 16.9 Å². The molecule has 0 aliphatic heterocycles. The van der Waals surface area contributed by atoms with Crippen molar-refractivity contribution in [1.82, 2.24) is 4.98 Å². The van der Waals surface area contributed by atoms with E-state index in [0.29, 0.717) is 5.69 Å². The number of anilines is 1. The Morgan fingerprint density at radius 3 is 2.59 bits per heavy atom. The second-order valence-electron chi connectivity index (χ2n) is 6.41. The van der Waals surface area contributed by atoms with Gasteiger partial charge in [-0.2, -0.15) is 0 Å². The molecule has 0 atom stereocenters. The monoisotopic (exact) mass is 298 g/mol. The number of carbonyl (C=O) groups excluding carboxylic acids is 1. The summed E-state index contributed by atoms with van der Waals surface area (Å²) in [4.78, 5) is 16.5. The molecule has 1 aromatic heterocycles. The van der Waals surface area contributed by atoms with Crippen LogP contribution in [0.15, 0.2) is 30.8 Å². The zero-order valence-electron chi connectivity index (χ0n) is 13.8. The lowest BCUT2D eigenvalue weighted by Gasteiger charge is -2.20. The molecular weight excluding hydrogens is 276 g/mol. The minimum absolute atomic E-state index is 0.479. The van der Waals surface area contributed by atoms with E-state index in [0.717, 1.165) is 27.7 Å². The number of aromatic nitrogens is 1. The van der Waals surface area contributed by atoms with Crippen molar-refractivity contribution in [2.45, 2.75) is 40.2 Å². The maximum Gasteiger partial charge on any atom is 0.412 e. The van der Waals surface area contributed by atoms with Crippen molar-refractivity contribution >= 4 is 28.3 Å². The Kier molecular flexibility index (Phi) is 4.22. The number of para-hydroxylation sites is 1. The first-order chi connectivity index (χ1) is 10.2. The molecule has 2 aromatic rings. The highest BCUT2D eigenvalue weighted by Gasteiger charge is 2.17. The predicted molar refractivity (Wildman–Crippen MR) is 91.0 cm³/mol. The molecule has 0 spiro atoms. The number of pyridine rings is 1. The van der Waals surface area contributed by atoms with Crippen LogP contribution >= 0.6 is 0 Å². The number of aryl methyl sites for hydroxylation is 1. The molecule has 1 aromatic carbocycles. The third-order valence-electron chi connectivity index (χ3n) is 3.13. The molecule has 0 saturated heterocycles. The number of ether oxygens (including phenoxy) is 1. The molecule has 0 saturated carbocycles. The smallest absolute Gasteiger partial charge is 0.412 e. The van der Waals surface area contributed by atoms with E-state index in [1.165, 1.54) is 0 Å². The number of fused-ring (bicyclic) bond motifs is 1. The summed E-state index contributed by atoms with van der Waals surface area (Å²) in [6.07, 6.45) is -0.479. The van der Waals surface area contributed by atoms with Crippen LogP contribution in [0.5, 0.6) is 0 Å². The summed E-state index contributed by atoms with van der Waals surface area (Å²) in [5.74, 6) is 0. The van der Waals surface area contributed by atoms with E-state index in [2.05, 4.69) is 16.9 Å². The van der Waals surface area contributed by atoms with Gasteiger partial charge in [0.2, 0.25) is 0 Å². The van der Waals surface area contributed by atoms with Gasteiger partial charge in [0.15, 0.2) is 0 Å². The van der Waals surface area contributed by atoms with Gasteiger partial charge in [-0.05, 0) is 46.3 Å². The number of carbonyl (C=O) groups is 1. The quantitative estimate of drug-likeness (QED) is 0.855. The van der Waals surface area contributed by atoms with Gasteiger partial charge < -0.3 is 4.74 Å². The number of hydrogen-bond acceptors (Lipinski definition) is 3. The second-order valence-corrected chi connectivity index (χ2v) is 6.41. The Hall–Kier alpha value is -2.36. The third-order valence-corrected chi connectivity index (χ3v) is 3.13. The number of allylic oxidation sites excluding steroid dienone is 1. The molecule has 4 nitrogen and oxygen atoms in total. The van der Waals surface area contributed by atoms with E-state index in [1.54, 1.807) is 0 Å². The maximum absolute atomic E-state index is 11.9. The fraction of sp³-hybridized carbons (Fsp3) is 0.333. The number of rotatable bonds is 2. The summed E-state index contributed by atoms with van der Waals surface area (Å²) in [6, 6.07) is 7.83. The van der Waals surface area contributed by atoms with Gasteiger partial charge in [-0.15, -0.1) is 0 Å². The van der Waals surface area contributed by atoms with Crippen molar-refractivity contribution in [3.63, 3.8) is 0 Å². The fourth-order valence-corrected chi connectivity index (χ4v) is 2.17. The maximum atomic E-state index is 11.9. The van der Waals surface area contributed by atoms with Crippen molar-refractivity contribution in [1.29, 1.82) is 0 Å². The molecule has 1 heterocycles. The minimum Gasteiger partial charge on any atom is -0.444 e. The lowest BCUT2D eigenvalue weighted by atomic mass is 10.0. The van der Waals surface area contributed by atoms with E-state index in [1.807, 2.05) is 58.9 Å². The molecule has 116 valence electrons. The highest BCUT2D eigenvalue weighted by atomic mass is 16.6. The molecule has 4 heteroatoms. The number of benzene rings is 1. The van der Waals surface area contributed by atoms with Crippen LogP contribution in [0, 0.1) is 6.92 Å². The van der Waals surface area contributed by atoms with E-state index in [9.17, 15) is 4.79 Å². The molecule has 0 fully saturated rings. The number of amides is 1. The van der Waals surface area contributed by atoms with Crippen LogP contribution in [0.4, 0.5) is 10.5 Å². The summed E-state index contributed by atoms with van der Waals surface area (Å²) in [5, 5.41) is 3.72. The summed E-state index contributed by atoms with van der Waals surface area (Å²) < 4.78 is 5.28. The van der Waals surface area contributed by atoms with Crippen LogP contribution in [-0.4, -0.2) is 16.7 Å². The number of nitrogens with zero attached hydrogens (tertiary/aromatic N) is 1. The van der Waals surface area contributed by atoms with Gasteiger partial charge in [0.1, 0.15) is 5.60 Å². The van der Waals surface area contributed by atoms with Crippen molar-refractivity contribution in [3.8, 4) is 0 Å². The Labute approximate surface area is 131 Å². The average molecular weight is 298 g/mol. The van der Waals surface area contributed by atoms with Gasteiger partial charge in [-0.3, -0.25) is 10.3 Å². The van der Waals surface area contributed by atoms with Crippen molar-refractivity contribution in [2.24, 2.45) is 0 Å². The van der Waals surface area contributed by atoms with Gasteiger partial charge in [-0.25, -0.2) is 4.79 Å². The van der Waals surface area contributed by atoms with Gasteiger partial charge in [0.25, 0.3) is 0 Å². The van der Waals surface area contributed by atoms with Crippen molar-refractivity contribution < 1.29 is 9.53 Å². The zero-order valence-corrected chi connectivity index (χ0v) is 13.8. The second kappa shape index (κ2) is 5.79. The molecule has 0 radical (unpaired) electrons. The van der Waals surface area contributed by atoms with Crippen LogP contribution < -0.4 is 5.32 Å². The lowest BCUT2D eigenvalue weighted by molar-refractivity contribution is 0.0636. The molecule has 1 amide bonds. The Balaban J connectivity index is 2.39. The molecule has 22 heavy (non-hydrogen) atoms. The normalized spacial score (nSPS) is 11.3. The van der Waals surface area contributed by atoms with E-state index < -0.39 is 11.7 Å². The van der Waals surface area contributed by atoms with Crippen molar-refractivity contribution in [3.05, 3.63) is 42.1 Å². The minimum atomic E-state index is -0.532. The molecule has 0 unspecified atom stereocenters. The molecule has 0 aliphatic rings. The van der Waals surface area contributed by atoms with Crippen LogP contribution in [0.1, 0.15) is 39.0 Å². The Morgan fingerprint density at radius 1 is 1.32 bits per heavy atom. The third kappa shape index (κ3) is 3.64. The first-order valence-corrected chi connectivity index (χ1v) is 7.23. The van der Waals surface area contributed by atoms with Crippen LogP contribution in [0.25, 0.3) is 16.5 Å². The van der Waals surface area contributed by atoms with Gasteiger partial charge in [0, 0.05) is 10.9 Å². The predicted octanol–water partition coefficient (Wildman–Crippen LogP) is 4.92. The van der Waals surface area contributed by atoms with E-state index >= 15 is 0 Å². The van der Waals surface area contributed by atoms with Crippen LogP contribution in [0.2, 0.25) is 0 Å². The standard InChI is InChI=1S/C18H22N2O2/c1-11(2)14-9-7-8-13-10-15(12(3)19-16(13)14)20-17(21)22-18(4,5)6/h7-10H,1H2,2-6H3,(H,20,21). The van der Waals surface area contributed by atoms with Crippen LogP contribution in [0.3, 0.4) is 0 Å². The molecule has 0 bridgehead atoms. The highest BCUT2D eigenvalue weighted by molar-refractivity contribution is 5.94. The summed E-state index contributed by atoms with van der Waals surface area (Å²) in [5.41, 5.74) is 3.74. The summed E-state index contributed by atoms with van der Waals surface area (Å²) in [7, 11) is 0. The summed E-state index contributed by atoms with van der Waals surface area (Å²) >= 11 is 0. The van der Waals surface area contributed by atoms with Crippen LogP contribution in [-0.2, 0) is 4.74 Å². The molecular formula is C18H22N2O2. The lowest BCUT2D eigenvalue weighted by Crippen LogP contribution is -2.27. The van der Waals surface area contributed by atoms with E-state index in [4.69, 9.17) is 4.74 Å². The zero-order chi connectivity index (χ0) is 16.5. The topological polar surface area (TPSA) is 51.2 Å². The molecule has 2 rings (SSSR count). The highest BCUT2D eigenvalue weighted by Crippen LogP contribution is 2.26. The fourth-order valence-electron chi connectivity index (χ4n) is 2.17. The molecule has 0 aliphatic carbocycles. The number of hydrogen-bond donors (Lipinski definition) is 1. The number of nitrogens with one attached hydrogen (secondary N) is 1. The van der Waals surface area contributed by atoms with Crippen molar-refractivity contribution in [2.75, 3.05) is 5.32 Å². The largest absolute Gasteiger partial charge is 0.444 e. The molecule has 1 N–H and O–H groups in total. The van der Waals surface area contributed by atoms with Gasteiger partial charge in [-0.1, -0.05) is 24.8 Å². The Morgan fingerprint density at radius 2 is 2.00 bits per heavy atom. The summed E-state index contributed by atoms with van der Waals surface area (Å²) in [6.45, 7) is 13.3. The van der Waals surface area contributed by atoms with E-state index in [-0.39, 0.29) is 0 Å². The average Bonchev–Trinajstić information content (AvgIpc) is 2.36.